The van der Waals surface area contributed by atoms with Crippen molar-refractivity contribution in [3.63, 3.8) is 0 Å². The zero-order valence-corrected chi connectivity index (χ0v) is 17.0. The molecule has 0 spiro atoms. The molecule has 3 aromatic carbocycles. The largest absolute Gasteiger partial charge is 0.331 e. The number of benzene rings is 3. The Morgan fingerprint density at radius 1 is 1.04 bits per heavy atom. The first-order chi connectivity index (χ1) is 13.1. The van der Waals surface area contributed by atoms with Crippen molar-refractivity contribution in [3.05, 3.63) is 94.5 Å². The number of nitrogens with one attached hydrogen (secondary N) is 1. The zero-order chi connectivity index (χ0) is 19.2. The van der Waals surface area contributed by atoms with Crippen molar-refractivity contribution in [2.75, 3.05) is 4.72 Å². The molecule has 0 fully saturated rings. The average molecular weight is 396 g/mol. The third-order valence-electron chi connectivity index (χ3n) is 4.30. The number of halogens is 1. The lowest BCUT2D eigenvalue weighted by Crippen LogP contribution is -2.06. The van der Waals surface area contributed by atoms with Gasteiger partial charge in [-0.25, -0.2) is 0 Å². The molecule has 3 aromatic rings. The molecule has 0 heterocycles. The van der Waals surface area contributed by atoms with Crippen molar-refractivity contribution in [2.24, 2.45) is 0 Å². The second-order valence-electron chi connectivity index (χ2n) is 6.06. The molecule has 0 saturated heterocycles. The summed E-state index contributed by atoms with van der Waals surface area (Å²) < 4.78 is 3.52. The molecule has 0 amide bonds. The number of carbonyl (C=O) groups excluding carboxylic acids is 1. The number of hydrogen-bond acceptors (Lipinski definition) is 2. The predicted octanol–water partition coefficient (Wildman–Crippen LogP) is 6.61. The van der Waals surface area contributed by atoms with Crippen LogP contribution in [0.3, 0.4) is 0 Å². The number of hydrogen-bond donors (Lipinski definition) is 1. The van der Waals surface area contributed by atoms with Crippen LogP contribution in [0.25, 0.3) is 0 Å². The Balaban J connectivity index is 1.95. The number of carbonyl (C=O) groups is 1. The van der Waals surface area contributed by atoms with Gasteiger partial charge in [0.2, 0.25) is 0 Å². The van der Waals surface area contributed by atoms with Gasteiger partial charge in [0.25, 0.3) is 0 Å². The predicted molar refractivity (Wildman–Crippen MR) is 118 cm³/mol. The minimum Gasteiger partial charge on any atom is -0.331 e. The van der Waals surface area contributed by atoms with Crippen molar-refractivity contribution in [1.29, 1.82) is 0 Å². The molecule has 27 heavy (non-hydrogen) atoms. The summed E-state index contributed by atoms with van der Waals surface area (Å²) >= 11 is 6.18. The van der Waals surface area contributed by atoms with Gasteiger partial charge in [-0.3, -0.25) is 4.79 Å². The molecule has 0 aliphatic rings. The summed E-state index contributed by atoms with van der Waals surface area (Å²) in [6, 6.07) is 23.3. The van der Waals surface area contributed by atoms with E-state index >= 15 is 0 Å². The van der Waals surface area contributed by atoms with Crippen LogP contribution in [0.5, 0.6) is 0 Å². The summed E-state index contributed by atoms with van der Waals surface area (Å²) in [7, 11) is -0.316. The lowest BCUT2D eigenvalue weighted by atomic mass is 10.0. The summed E-state index contributed by atoms with van der Waals surface area (Å²) in [5.74, 6) is -0.0402. The Morgan fingerprint density at radius 2 is 1.74 bits per heavy atom. The Hall–Kier alpha value is -2.36. The normalized spacial score (nSPS) is 12.0. The van der Waals surface area contributed by atoms with Crippen LogP contribution in [0.2, 0.25) is 5.02 Å². The molecule has 4 heteroatoms. The summed E-state index contributed by atoms with van der Waals surface area (Å²) in [5, 5.41) is 2.67. The van der Waals surface area contributed by atoms with Gasteiger partial charge in [-0.1, -0.05) is 71.7 Å². The van der Waals surface area contributed by atoms with Gasteiger partial charge in [-0.15, -0.1) is 0 Å². The Morgan fingerprint density at radius 3 is 2.37 bits per heavy atom. The third-order valence-corrected chi connectivity index (χ3v) is 6.23. The van der Waals surface area contributed by atoms with Gasteiger partial charge < -0.3 is 4.72 Å². The highest BCUT2D eigenvalue weighted by Crippen LogP contribution is 2.32. The maximum Gasteiger partial charge on any atom is 0.195 e. The van der Waals surface area contributed by atoms with E-state index in [4.69, 9.17) is 11.6 Å². The summed E-state index contributed by atoms with van der Waals surface area (Å²) in [4.78, 5) is 14.2. The van der Waals surface area contributed by atoms with Gasteiger partial charge in [0, 0.05) is 21.0 Å². The maximum atomic E-state index is 13.0. The molecule has 0 saturated carbocycles. The SMILES string of the molecule is C/C=S(/Nc1ccc(Cl)cc1C(=O)c1ccccc1)c1ccc(CC)cc1. The summed E-state index contributed by atoms with van der Waals surface area (Å²) in [5.41, 5.74) is 3.33. The van der Waals surface area contributed by atoms with Crippen LogP contribution in [-0.2, 0) is 6.42 Å². The van der Waals surface area contributed by atoms with E-state index in [1.54, 1.807) is 6.07 Å². The van der Waals surface area contributed by atoms with E-state index in [2.05, 4.69) is 41.3 Å². The first kappa shape index (κ1) is 19.4. The van der Waals surface area contributed by atoms with Gasteiger partial charge >= 0.3 is 0 Å². The standard InChI is InChI=1S/C23H22ClNOS/c1-3-17-10-13-20(14-11-17)27(4-2)25-22-15-12-19(24)16-21(22)23(26)18-8-6-5-7-9-18/h4-16,25H,3H2,1-2H3. The van der Waals surface area contributed by atoms with Crippen molar-refractivity contribution >= 4 is 39.1 Å². The maximum absolute atomic E-state index is 13.0. The molecule has 3 rings (SSSR count). The minimum absolute atomic E-state index is 0.0402. The fourth-order valence-corrected chi connectivity index (χ4v) is 4.31. The van der Waals surface area contributed by atoms with Crippen LogP contribution in [0.1, 0.15) is 35.3 Å². The molecular formula is C23H22ClNOS. The van der Waals surface area contributed by atoms with E-state index in [0.29, 0.717) is 16.1 Å². The summed E-state index contributed by atoms with van der Waals surface area (Å²) in [6.45, 7) is 4.17. The van der Waals surface area contributed by atoms with Gasteiger partial charge in [0.1, 0.15) is 0 Å². The monoisotopic (exact) mass is 395 g/mol. The number of rotatable bonds is 6. The molecule has 1 N–H and O–H groups in total. The number of anilines is 1. The lowest BCUT2D eigenvalue weighted by molar-refractivity contribution is 0.103. The van der Waals surface area contributed by atoms with E-state index in [-0.39, 0.29) is 16.5 Å². The van der Waals surface area contributed by atoms with Gasteiger partial charge in [0.15, 0.2) is 5.78 Å². The van der Waals surface area contributed by atoms with Crippen LogP contribution < -0.4 is 4.72 Å². The average Bonchev–Trinajstić information content (AvgIpc) is 2.73. The van der Waals surface area contributed by atoms with Crippen molar-refractivity contribution in [1.82, 2.24) is 0 Å². The molecule has 0 aromatic heterocycles. The Labute approximate surface area is 168 Å². The van der Waals surface area contributed by atoms with Crippen molar-refractivity contribution in [2.45, 2.75) is 25.2 Å². The van der Waals surface area contributed by atoms with Crippen LogP contribution in [0.4, 0.5) is 5.69 Å². The molecule has 0 aliphatic heterocycles. The van der Waals surface area contributed by atoms with E-state index in [9.17, 15) is 4.79 Å². The smallest absolute Gasteiger partial charge is 0.195 e. The van der Waals surface area contributed by atoms with Crippen molar-refractivity contribution in [3.8, 4) is 0 Å². The number of ketones is 1. The second kappa shape index (κ2) is 9.03. The highest BCUT2D eigenvalue weighted by Gasteiger charge is 2.15. The summed E-state index contributed by atoms with van der Waals surface area (Å²) in [6.07, 6.45) is 1.02. The molecule has 0 bridgehead atoms. The highest BCUT2D eigenvalue weighted by molar-refractivity contribution is 8.16. The Bertz CT molecular complexity index is 965. The molecule has 1 atom stereocenters. The van der Waals surface area contributed by atoms with Crippen LogP contribution >= 0.6 is 22.3 Å². The molecular weight excluding hydrogens is 374 g/mol. The first-order valence-electron chi connectivity index (χ1n) is 8.90. The first-order valence-corrected chi connectivity index (χ1v) is 10.6. The van der Waals surface area contributed by atoms with E-state index in [1.165, 1.54) is 10.5 Å². The molecule has 0 aliphatic carbocycles. The molecule has 0 radical (unpaired) electrons. The van der Waals surface area contributed by atoms with Crippen molar-refractivity contribution < 1.29 is 4.79 Å². The molecule has 138 valence electrons. The lowest BCUT2D eigenvalue weighted by Gasteiger charge is -2.16. The highest BCUT2D eigenvalue weighted by atomic mass is 35.5. The zero-order valence-electron chi connectivity index (χ0n) is 15.4. The van der Waals surface area contributed by atoms with E-state index < -0.39 is 0 Å². The number of aryl methyl sites for hydroxylation is 1. The topological polar surface area (TPSA) is 29.1 Å². The minimum atomic E-state index is -0.316. The second-order valence-corrected chi connectivity index (χ2v) is 8.32. The van der Waals surface area contributed by atoms with Crippen LogP contribution in [0.15, 0.2) is 77.7 Å². The third kappa shape index (κ3) is 4.68. The van der Waals surface area contributed by atoms with Crippen LogP contribution in [-0.4, -0.2) is 11.2 Å². The van der Waals surface area contributed by atoms with Crippen LogP contribution in [0, 0.1) is 0 Å². The Kier molecular flexibility index (Phi) is 6.49. The quantitative estimate of drug-likeness (QED) is 0.375. The fourth-order valence-electron chi connectivity index (χ4n) is 2.78. The van der Waals surface area contributed by atoms with E-state index in [0.717, 1.165) is 12.1 Å². The molecule has 2 nitrogen and oxygen atoms in total. The fraction of sp³-hybridized carbons (Fsp3) is 0.130. The van der Waals surface area contributed by atoms with Gasteiger partial charge in [-0.2, -0.15) is 0 Å². The van der Waals surface area contributed by atoms with E-state index in [1.807, 2.05) is 49.4 Å². The van der Waals surface area contributed by atoms with Gasteiger partial charge in [-0.05, 0) is 54.6 Å². The van der Waals surface area contributed by atoms with Gasteiger partial charge in [0.05, 0.1) is 5.69 Å². The molecule has 1 unspecified atom stereocenters.